The van der Waals surface area contributed by atoms with Gasteiger partial charge in [0.05, 0.1) is 0 Å². The summed E-state index contributed by atoms with van der Waals surface area (Å²) in [7, 11) is -2.39. The summed E-state index contributed by atoms with van der Waals surface area (Å²) in [5.74, 6) is 0. The van der Waals surface area contributed by atoms with Crippen LogP contribution >= 0.6 is 22.6 Å². The van der Waals surface area contributed by atoms with E-state index >= 15 is 0 Å². The Labute approximate surface area is 159 Å². The third-order valence-electron chi connectivity index (χ3n) is 3.96. The van der Waals surface area contributed by atoms with E-state index in [1.807, 2.05) is 20.8 Å². The van der Waals surface area contributed by atoms with Gasteiger partial charge in [0.15, 0.2) is 0 Å². The largest absolute Gasteiger partial charge is 0.500 e. The first-order chi connectivity index (χ1) is 11.2. The number of alkyl halides is 1. The summed E-state index contributed by atoms with van der Waals surface area (Å²) in [6.45, 7) is 8.14. The van der Waals surface area contributed by atoms with E-state index < -0.39 is 8.80 Å². The second kappa shape index (κ2) is 17.6. The van der Waals surface area contributed by atoms with E-state index in [1.54, 1.807) is 0 Å². The smallest absolute Gasteiger partial charge is 0.374 e. The topological polar surface area (TPSA) is 27.7 Å². The average Bonchev–Trinajstić information content (AvgIpc) is 2.53. The lowest BCUT2D eigenvalue weighted by Crippen LogP contribution is -2.45. The lowest BCUT2D eigenvalue weighted by molar-refractivity contribution is 0.0706. The maximum absolute atomic E-state index is 5.90. The highest BCUT2D eigenvalue weighted by molar-refractivity contribution is 14.1. The monoisotopic (exact) mass is 458 g/mol. The molecule has 0 fully saturated rings. The molecular weight excluding hydrogens is 419 g/mol. The molecule has 0 N–H and O–H groups in total. The van der Waals surface area contributed by atoms with Crippen molar-refractivity contribution in [2.75, 3.05) is 24.2 Å². The fourth-order valence-corrected chi connectivity index (χ4v) is 6.08. The van der Waals surface area contributed by atoms with Crippen molar-refractivity contribution in [1.82, 2.24) is 0 Å². The molecule has 0 bridgehead atoms. The molecule has 0 unspecified atom stereocenters. The lowest BCUT2D eigenvalue weighted by atomic mass is 10.1. The zero-order valence-corrected chi connectivity index (χ0v) is 18.9. The Bertz CT molecular complexity index is 225. The zero-order chi connectivity index (χ0) is 17.2. The highest BCUT2D eigenvalue weighted by Crippen LogP contribution is 2.21. The van der Waals surface area contributed by atoms with Crippen molar-refractivity contribution in [1.29, 1.82) is 0 Å². The highest BCUT2D eigenvalue weighted by Gasteiger charge is 2.39. The second-order valence-corrected chi connectivity index (χ2v) is 9.77. The minimum Gasteiger partial charge on any atom is -0.374 e. The molecule has 0 aliphatic rings. The van der Waals surface area contributed by atoms with Gasteiger partial charge in [0.1, 0.15) is 0 Å². The van der Waals surface area contributed by atoms with Crippen molar-refractivity contribution >= 4 is 31.4 Å². The molecule has 23 heavy (non-hydrogen) atoms. The Hall–Kier alpha value is 0.827. The minimum atomic E-state index is -2.39. The van der Waals surface area contributed by atoms with Gasteiger partial charge in [0.25, 0.3) is 0 Å². The molecule has 0 rings (SSSR count). The molecule has 0 aliphatic carbocycles. The van der Waals surface area contributed by atoms with Gasteiger partial charge < -0.3 is 13.3 Å². The normalized spacial score (nSPS) is 12.0. The molecule has 0 amide bonds. The molecule has 0 atom stereocenters. The van der Waals surface area contributed by atoms with E-state index in [9.17, 15) is 0 Å². The molecule has 0 aliphatic heterocycles. The van der Waals surface area contributed by atoms with Gasteiger partial charge in [-0.3, -0.25) is 0 Å². The van der Waals surface area contributed by atoms with Crippen molar-refractivity contribution in [2.24, 2.45) is 0 Å². The first-order valence-electron chi connectivity index (χ1n) is 9.72. The maximum atomic E-state index is 5.90. The van der Waals surface area contributed by atoms with Crippen molar-refractivity contribution in [2.45, 2.75) is 91.0 Å². The highest BCUT2D eigenvalue weighted by atomic mass is 127. The van der Waals surface area contributed by atoms with Gasteiger partial charge in [-0.05, 0) is 38.0 Å². The molecule has 3 nitrogen and oxygen atoms in total. The van der Waals surface area contributed by atoms with Crippen LogP contribution in [0.2, 0.25) is 6.04 Å². The molecule has 0 heterocycles. The molecule has 5 heteroatoms. The lowest BCUT2D eigenvalue weighted by Gasteiger charge is -2.28. The number of unbranched alkanes of at least 4 members (excludes halogenated alkanes) is 9. The number of halogens is 1. The molecule has 140 valence electrons. The Morgan fingerprint density at radius 2 is 0.913 bits per heavy atom. The van der Waals surface area contributed by atoms with Crippen LogP contribution in [0.25, 0.3) is 0 Å². The molecule has 0 radical (unpaired) electrons. The predicted octanol–water partition coefficient (Wildman–Crippen LogP) is 6.37. The third kappa shape index (κ3) is 13.8. The Balaban J connectivity index is 3.65. The zero-order valence-electron chi connectivity index (χ0n) is 15.7. The summed E-state index contributed by atoms with van der Waals surface area (Å²) in [6, 6.07) is 0.971. The van der Waals surface area contributed by atoms with Gasteiger partial charge in [-0.2, -0.15) is 0 Å². The third-order valence-corrected chi connectivity index (χ3v) is 7.87. The summed E-state index contributed by atoms with van der Waals surface area (Å²) in [5, 5.41) is 0. The summed E-state index contributed by atoms with van der Waals surface area (Å²) >= 11 is 2.47. The summed E-state index contributed by atoms with van der Waals surface area (Å²) < 4.78 is 19.0. The van der Waals surface area contributed by atoms with Crippen molar-refractivity contribution in [3.63, 3.8) is 0 Å². The standard InChI is InChI=1S/C18H39IO3Si/c1-4-20-23(21-5-2,22-6-3)18-16-14-12-10-8-7-9-11-13-15-17-19/h4-18H2,1-3H3. The van der Waals surface area contributed by atoms with E-state index in [-0.39, 0.29) is 0 Å². The molecule has 0 aromatic carbocycles. The predicted molar refractivity (Wildman–Crippen MR) is 110 cm³/mol. The Morgan fingerprint density at radius 1 is 0.565 bits per heavy atom. The molecule has 0 saturated carbocycles. The van der Waals surface area contributed by atoms with Gasteiger partial charge >= 0.3 is 8.80 Å². The molecule has 0 saturated heterocycles. The molecule has 0 aromatic heterocycles. The van der Waals surface area contributed by atoms with Crippen LogP contribution in [0.1, 0.15) is 85.0 Å². The van der Waals surface area contributed by atoms with Gasteiger partial charge in [-0.25, -0.2) is 0 Å². The molecule has 0 aromatic rings. The van der Waals surface area contributed by atoms with E-state index in [4.69, 9.17) is 13.3 Å². The van der Waals surface area contributed by atoms with Gasteiger partial charge in [0, 0.05) is 25.9 Å². The van der Waals surface area contributed by atoms with Crippen LogP contribution in [0, 0.1) is 0 Å². The summed E-state index contributed by atoms with van der Waals surface area (Å²) in [5.41, 5.74) is 0. The maximum Gasteiger partial charge on any atom is 0.500 e. The molecule has 0 spiro atoms. The minimum absolute atomic E-state index is 0.684. The van der Waals surface area contributed by atoms with Crippen LogP contribution in [0.15, 0.2) is 0 Å². The van der Waals surface area contributed by atoms with Gasteiger partial charge in [-0.15, -0.1) is 0 Å². The van der Waals surface area contributed by atoms with Crippen LogP contribution in [0.5, 0.6) is 0 Å². The first-order valence-corrected chi connectivity index (χ1v) is 13.2. The SMILES string of the molecule is CCO[Si](CCCCCCCCCCCCI)(OCC)OCC. The van der Waals surface area contributed by atoms with Crippen LogP contribution < -0.4 is 0 Å². The fraction of sp³-hybridized carbons (Fsp3) is 1.00. The van der Waals surface area contributed by atoms with Crippen LogP contribution in [0.3, 0.4) is 0 Å². The summed E-state index contributed by atoms with van der Waals surface area (Å²) in [4.78, 5) is 0. The van der Waals surface area contributed by atoms with Crippen molar-refractivity contribution in [3.05, 3.63) is 0 Å². The Kier molecular flexibility index (Phi) is 18.3. The van der Waals surface area contributed by atoms with Crippen LogP contribution in [0.4, 0.5) is 0 Å². The van der Waals surface area contributed by atoms with E-state index in [1.165, 1.54) is 68.6 Å². The molecular formula is C18H39IO3Si. The van der Waals surface area contributed by atoms with Crippen molar-refractivity contribution < 1.29 is 13.3 Å². The number of rotatable bonds is 18. The van der Waals surface area contributed by atoms with Gasteiger partial charge in [0.2, 0.25) is 0 Å². The second-order valence-electron chi connectivity index (χ2n) is 5.96. The van der Waals surface area contributed by atoms with Crippen molar-refractivity contribution in [3.8, 4) is 0 Å². The fourth-order valence-electron chi connectivity index (χ4n) is 2.85. The van der Waals surface area contributed by atoms with E-state index in [0.29, 0.717) is 19.8 Å². The van der Waals surface area contributed by atoms with Crippen LogP contribution in [-0.4, -0.2) is 33.1 Å². The Morgan fingerprint density at radius 3 is 1.26 bits per heavy atom. The number of hydrogen-bond acceptors (Lipinski definition) is 3. The van der Waals surface area contributed by atoms with E-state index in [2.05, 4.69) is 22.6 Å². The number of hydrogen-bond donors (Lipinski definition) is 0. The quantitative estimate of drug-likeness (QED) is 0.103. The van der Waals surface area contributed by atoms with Gasteiger partial charge in [-0.1, -0.05) is 74.0 Å². The summed E-state index contributed by atoms with van der Waals surface area (Å²) in [6.07, 6.45) is 13.6. The van der Waals surface area contributed by atoms with Crippen LogP contribution in [-0.2, 0) is 13.3 Å². The first kappa shape index (κ1) is 23.8. The average molecular weight is 458 g/mol. The van der Waals surface area contributed by atoms with E-state index in [0.717, 1.165) is 6.04 Å².